The Hall–Kier alpha value is -1.65. The normalized spacial score (nSPS) is 11.2. The van der Waals surface area contributed by atoms with Crippen molar-refractivity contribution < 1.29 is 9.47 Å². The molecule has 0 unspecified atom stereocenters. The van der Waals surface area contributed by atoms with Gasteiger partial charge in [-0.2, -0.15) is 0 Å². The highest BCUT2D eigenvalue weighted by molar-refractivity contribution is 5.55. The van der Waals surface area contributed by atoms with Gasteiger partial charge in [-0.1, -0.05) is 43.7 Å². The molecule has 20 heavy (non-hydrogen) atoms. The van der Waals surface area contributed by atoms with E-state index in [1.165, 1.54) is 0 Å². The molecule has 0 aliphatic heterocycles. The topological polar surface area (TPSA) is 36.3 Å². The van der Waals surface area contributed by atoms with Crippen LogP contribution in [0.4, 0.5) is 0 Å². The van der Waals surface area contributed by atoms with Crippen molar-refractivity contribution in [3.8, 4) is 11.4 Å². The fourth-order valence-electron chi connectivity index (χ4n) is 2.20. The van der Waals surface area contributed by atoms with Crippen molar-refractivity contribution in [2.75, 3.05) is 14.2 Å². The van der Waals surface area contributed by atoms with Crippen LogP contribution in [0.1, 0.15) is 31.7 Å². The Morgan fingerprint density at radius 1 is 1.15 bits per heavy atom. The molecule has 2 rings (SSSR count). The number of methoxy groups -OCH3 is 2. The van der Waals surface area contributed by atoms with Crippen LogP contribution < -0.4 is 0 Å². The third-order valence-electron chi connectivity index (χ3n) is 3.25. The minimum Gasteiger partial charge on any atom is -0.350 e. The van der Waals surface area contributed by atoms with E-state index < -0.39 is 6.29 Å². The highest BCUT2D eigenvalue weighted by Gasteiger charge is 2.17. The first-order valence-electron chi connectivity index (χ1n) is 6.98. The van der Waals surface area contributed by atoms with Crippen molar-refractivity contribution in [1.29, 1.82) is 0 Å². The lowest BCUT2D eigenvalue weighted by Gasteiger charge is -2.09. The minimum atomic E-state index is -0.416. The number of imidazole rings is 1. The molecular formula is C16H22N2O2. The summed E-state index contributed by atoms with van der Waals surface area (Å²) in [5, 5.41) is 0. The molecule has 0 saturated carbocycles. The molecule has 108 valence electrons. The molecule has 0 amide bonds. The van der Waals surface area contributed by atoms with Gasteiger partial charge in [0.2, 0.25) is 6.29 Å². The van der Waals surface area contributed by atoms with E-state index in [0.29, 0.717) is 0 Å². The Bertz CT molecular complexity index is 519. The highest BCUT2D eigenvalue weighted by atomic mass is 16.7. The fraction of sp³-hybridized carbons (Fsp3) is 0.438. The van der Waals surface area contributed by atoms with E-state index in [0.717, 1.165) is 36.5 Å². The summed E-state index contributed by atoms with van der Waals surface area (Å²) in [7, 11) is 3.25. The fourth-order valence-corrected chi connectivity index (χ4v) is 2.20. The van der Waals surface area contributed by atoms with Gasteiger partial charge in [0.25, 0.3) is 0 Å². The predicted octanol–water partition coefficient (Wildman–Crippen LogP) is 3.64. The summed E-state index contributed by atoms with van der Waals surface area (Å²) >= 11 is 0. The summed E-state index contributed by atoms with van der Waals surface area (Å²) in [5.41, 5.74) is 1.92. The highest BCUT2D eigenvalue weighted by Crippen LogP contribution is 2.24. The molecule has 1 heterocycles. The average molecular weight is 274 g/mol. The van der Waals surface area contributed by atoms with Crippen molar-refractivity contribution in [3.05, 3.63) is 42.2 Å². The third kappa shape index (κ3) is 3.26. The Morgan fingerprint density at radius 3 is 2.45 bits per heavy atom. The predicted molar refractivity (Wildman–Crippen MR) is 79.3 cm³/mol. The minimum absolute atomic E-state index is 0.416. The van der Waals surface area contributed by atoms with Crippen molar-refractivity contribution in [1.82, 2.24) is 9.55 Å². The smallest absolute Gasteiger partial charge is 0.202 e. The number of aromatic nitrogens is 2. The molecule has 0 aliphatic carbocycles. The Morgan fingerprint density at radius 2 is 1.85 bits per heavy atom. The lowest BCUT2D eigenvalue weighted by Crippen LogP contribution is -2.03. The van der Waals surface area contributed by atoms with Gasteiger partial charge < -0.3 is 14.0 Å². The monoisotopic (exact) mass is 274 g/mol. The number of unbranched alkanes of at least 4 members (excludes halogenated alkanes) is 1. The molecular weight excluding hydrogens is 252 g/mol. The maximum absolute atomic E-state index is 5.30. The van der Waals surface area contributed by atoms with Gasteiger partial charge in [0, 0.05) is 32.5 Å². The maximum atomic E-state index is 5.30. The number of rotatable bonds is 7. The zero-order valence-electron chi connectivity index (χ0n) is 12.4. The molecule has 4 heteroatoms. The van der Waals surface area contributed by atoms with Crippen LogP contribution in [0.3, 0.4) is 0 Å². The number of hydrogen-bond acceptors (Lipinski definition) is 3. The van der Waals surface area contributed by atoms with Gasteiger partial charge in [-0.3, -0.25) is 0 Å². The number of aryl methyl sites for hydroxylation is 1. The molecule has 0 radical (unpaired) electrons. The summed E-state index contributed by atoms with van der Waals surface area (Å²) in [5.74, 6) is 0.966. The van der Waals surface area contributed by atoms with Gasteiger partial charge in [0.05, 0.1) is 0 Å². The molecule has 0 atom stereocenters. The van der Waals surface area contributed by atoms with E-state index in [1.807, 2.05) is 24.4 Å². The van der Waals surface area contributed by atoms with Crippen LogP contribution in [-0.4, -0.2) is 23.8 Å². The van der Waals surface area contributed by atoms with E-state index in [2.05, 4.69) is 28.6 Å². The largest absolute Gasteiger partial charge is 0.350 e. The Labute approximate surface area is 120 Å². The van der Waals surface area contributed by atoms with E-state index in [9.17, 15) is 0 Å². The molecule has 0 fully saturated rings. The van der Waals surface area contributed by atoms with Crippen LogP contribution in [0.15, 0.2) is 36.5 Å². The molecule has 0 bridgehead atoms. The summed E-state index contributed by atoms with van der Waals surface area (Å²) in [6.45, 7) is 3.14. The molecule has 2 aromatic rings. The number of ether oxygens (including phenoxy) is 2. The summed E-state index contributed by atoms with van der Waals surface area (Å²) in [4.78, 5) is 4.69. The van der Waals surface area contributed by atoms with Crippen molar-refractivity contribution >= 4 is 0 Å². The summed E-state index contributed by atoms with van der Waals surface area (Å²) in [6.07, 6.45) is 3.88. The number of hydrogen-bond donors (Lipinski definition) is 0. The average Bonchev–Trinajstić information content (AvgIpc) is 2.91. The van der Waals surface area contributed by atoms with Gasteiger partial charge in [-0.15, -0.1) is 0 Å². The first-order valence-corrected chi connectivity index (χ1v) is 6.98. The lowest BCUT2D eigenvalue weighted by molar-refractivity contribution is -0.108. The van der Waals surface area contributed by atoms with Crippen LogP contribution in [-0.2, 0) is 16.0 Å². The molecule has 1 aromatic heterocycles. The first-order chi connectivity index (χ1) is 9.80. The molecule has 1 aromatic carbocycles. The van der Waals surface area contributed by atoms with Crippen LogP contribution in [0.25, 0.3) is 11.4 Å². The van der Waals surface area contributed by atoms with Gasteiger partial charge >= 0.3 is 0 Å². The zero-order valence-corrected chi connectivity index (χ0v) is 12.4. The third-order valence-corrected chi connectivity index (χ3v) is 3.25. The second-order valence-corrected chi connectivity index (χ2v) is 4.71. The molecule has 0 N–H and O–H groups in total. The molecule has 4 nitrogen and oxygen atoms in total. The van der Waals surface area contributed by atoms with E-state index >= 15 is 0 Å². The maximum Gasteiger partial charge on any atom is 0.202 e. The summed E-state index contributed by atoms with van der Waals surface area (Å²) < 4.78 is 12.8. The van der Waals surface area contributed by atoms with Gasteiger partial charge in [0.1, 0.15) is 11.5 Å². The Kier molecular flexibility index (Phi) is 5.32. The Balaban J connectivity index is 2.37. The van der Waals surface area contributed by atoms with Gasteiger partial charge in [-0.05, 0) is 6.42 Å². The zero-order chi connectivity index (χ0) is 14.4. The van der Waals surface area contributed by atoms with Gasteiger partial charge in [-0.25, -0.2) is 4.98 Å². The van der Waals surface area contributed by atoms with Crippen LogP contribution in [0, 0.1) is 0 Å². The van der Waals surface area contributed by atoms with E-state index in [-0.39, 0.29) is 0 Å². The molecule has 0 saturated heterocycles. The van der Waals surface area contributed by atoms with E-state index in [4.69, 9.17) is 9.47 Å². The van der Waals surface area contributed by atoms with Crippen LogP contribution in [0.2, 0.25) is 0 Å². The number of benzene rings is 1. The SMILES string of the molecule is CCCCn1cc(C(OC)OC)nc1-c1ccccc1. The van der Waals surface area contributed by atoms with Crippen LogP contribution >= 0.6 is 0 Å². The molecule has 0 aliphatic rings. The number of nitrogens with zero attached hydrogens (tertiary/aromatic N) is 2. The van der Waals surface area contributed by atoms with Crippen molar-refractivity contribution in [2.45, 2.75) is 32.6 Å². The van der Waals surface area contributed by atoms with E-state index in [1.54, 1.807) is 14.2 Å². The van der Waals surface area contributed by atoms with Crippen molar-refractivity contribution in [2.24, 2.45) is 0 Å². The lowest BCUT2D eigenvalue weighted by atomic mass is 10.2. The quantitative estimate of drug-likeness (QED) is 0.723. The van der Waals surface area contributed by atoms with Crippen molar-refractivity contribution in [3.63, 3.8) is 0 Å². The summed E-state index contributed by atoms with van der Waals surface area (Å²) in [6, 6.07) is 10.2. The second-order valence-electron chi connectivity index (χ2n) is 4.71. The molecule has 0 spiro atoms. The van der Waals surface area contributed by atoms with Crippen LogP contribution in [0.5, 0.6) is 0 Å². The second kappa shape index (κ2) is 7.22. The standard InChI is InChI=1S/C16H22N2O2/c1-4-5-11-18-12-14(16(19-2)20-3)17-15(18)13-9-7-6-8-10-13/h6-10,12,16H,4-5,11H2,1-3H3. The first kappa shape index (κ1) is 14.8. The van der Waals surface area contributed by atoms with Gasteiger partial charge in [0.15, 0.2) is 0 Å².